The van der Waals surface area contributed by atoms with Crippen LogP contribution in [0.25, 0.3) is 10.4 Å². The minimum Gasteiger partial charge on any atom is -0.380 e. The molecule has 4 heterocycles. The highest BCUT2D eigenvalue weighted by Crippen LogP contribution is 2.47. The molecular formula is C23H29ClN2O3S. The zero-order valence-electron chi connectivity index (χ0n) is 17.1. The Bertz CT molecular complexity index is 887. The number of aliphatic hydroxyl groups is 1. The second-order valence-corrected chi connectivity index (χ2v) is 9.55. The number of ether oxygens (including phenoxy) is 1. The monoisotopic (exact) mass is 448 g/mol. The summed E-state index contributed by atoms with van der Waals surface area (Å²) in [4.78, 5) is 17.5. The van der Waals surface area contributed by atoms with E-state index in [0.29, 0.717) is 39.0 Å². The van der Waals surface area contributed by atoms with Gasteiger partial charge in [0.05, 0.1) is 6.61 Å². The number of carbonyl (C=O) groups is 1. The smallest absolute Gasteiger partial charge is 0.254 e. The Balaban J connectivity index is 0.00000218. The van der Waals surface area contributed by atoms with Crippen LogP contribution in [-0.2, 0) is 21.6 Å². The molecule has 3 aliphatic rings. The first-order valence-electron chi connectivity index (χ1n) is 10.6. The highest BCUT2D eigenvalue weighted by molar-refractivity contribution is 7.15. The third-order valence-corrected chi connectivity index (χ3v) is 8.13. The zero-order chi connectivity index (χ0) is 19.9. The maximum atomic E-state index is 13.0. The van der Waals surface area contributed by atoms with Gasteiger partial charge in [0.1, 0.15) is 11.2 Å². The number of fused-ring (bicyclic) bond motifs is 2. The number of rotatable bonds is 2. The normalized spacial score (nSPS) is 22.2. The molecule has 1 spiro atoms. The lowest BCUT2D eigenvalue weighted by Gasteiger charge is -2.45. The lowest BCUT2D eigenvalue weighted by atomic mass is 9.83. The molecule has 2 saturated heterocycles. The third kappa shape index (κ3) is 3.80. The summed E-state index contributed by atoms with van der Waals surface area (Å²) < 4.78 is 6.38. The molecule has 0 unspecified atom stereocenters. The van der Waals surface area contributed by atoms with Crippen molar-refractivity contribution in [3.05, 3.63) is 46.8 Å². The van der Waals surface area contributed by atoms with Crippen LogP contribution >= 0.6 is 23.7 Å². The number of amides is 1. The predicted molar refractivity (Wildman–Crippen MR) is 121 cm³/mol. The summed E-state index contributed by atoms with van der Waals surface area (Å²) in [5, 5.41) is 14.0. The molecule has 7 heteroatoms. The molecule has 2 aromatic rings. The molecule has 0 aliphatic carbocycles. The molecule has 3 aliphatic heterocycles. The first-order valence-corrected chi connectivity index (χ1v) is 11.5. The van der Waals surface area contributed by atoms with E-state index in [1.807, 2.05) is 22.3 Å². The molecule has 5 rings (SSSR count). The van der Waals surface area contributed by atoms with Gasteiger partial charge in [-0.2, -0.15) is 0 Å². The number of nitrogens with one attached hydrogen (secondary N) is 1. The van der Waals surface area contributed by atoms with E-state index in [9.17, 15) is 9.90 Å². The van der Waals surface area contributed by atoms with Crippen LogP contribution in [0.4, 0.5) is 0 Å². The fraction of sp³-hybridized carbons (Fsp3) is 0.522. The number of carbonyl (C=O) groups excluding carboxylic acids is 1. The summed E-state index contributed by atoms with van der Waals surface area (Å²) >= 11 is 1.84. The van der Waals surface area contributed by atoms with Gasteiger partial charge >= 0.3 is 0 Å². The Labute approximate surface area is 187 Å². The largest absolute Gasteiger partial charge is 0.380 e. The number of piperidine rings is 2. The van der Waals surface area contributed by atoms with Gasteiger partial charge in [0.25, 0.3) is 5.91 Å². The van der Waals surface area contributed by atoms with Crippen LogP contribution in [0.3, 0.4) is 0 Å². The minimum atomic E-state index is -1.20. The lowest BCUT2D eigenvalue weighted by Crippen LogP contribution is -2.57. The van der Waals surface area contributed by atoms with Crippen LogP contribution in [0.15, 0.2) is 36.4 Å². The Morgan fingerprint density at radius 3 is 2.50 bits per heavy atom. The second kappa shape index (κ2) is 8.60. The molecule has 1 amide bonds. The molecule has 2 N–H and O–H groups in total. The molecule has 5 nitrogen and oxygen atoms in total. The number of nitrogens with zero attached hydrogens (tertiary/aromatic N) is 1. The summed E-state index contributed by atoms with van der Waals surface area (Å²) in [7, 11) is 0. The van der Waals surface area contributed by atoms with Gasteiger partial charge in [0.2, 0.25) is 0 Å². The van der Waals surface area contributed by atoms with Gasteiger partial charge in [-0.05, 0) is 62.4 Å². The summed E-state index contributed by atoms with van der Waals surface area (Å²) in [5.74, 6) is -0.0963. The van der Waals surface area contributed by atoms with Gasteiger partial charge in [-0.15, -0.1) is 23.7 Å². The van der Waals surface area contributed by atoms with Crippen LogP contribution in [0.1, 0.15) is 36.1 Å². The van der Waals surface area contributed by atoms with E-state index in [1.165, 1.54) is 20.9 Å². The van der Waals surface area contributed by atoms with Crippen molar-refractivity contribution in [2.75, 3.05) is 32.8 Å². The van der Waals surface area contributed by atoms with Crippen molar-refractivity contribution in [1.82, 2.24) is 10.2 Å². The topological polar surface area (TPSA) is 61.8 Å². The van der Waals surface area contributed by atoms with E-state index < -0.39 is 5.60 Å². The minimum absolute atomic E-state index is 0. The van der Waals surface area contributed by atoms with Crippen molar-refractivity contribution >= 4 is 29.7 Å². The predicted octanol–water partition coefficient (Wildman–Crippen LogP) is 3.34. The van der Waals surface area contributed by atoms with E-state index in [-0.39, 0.29) is 23.9 Å². The number of benzene rings is 1. The molecule has 1 aromatic heterocycles. The Morgan fingerprint density at radius 2 is 1.80 bits per heavy atom. The van der Waals surface area contributed by atoms with E-state index in [1.54, 1.807) is 0 Å². The number of likely N-dealkylation sites (tertiary alicyclic amines) is 1. The summed E-state index contributed by atoms with van der Waals surface area (Å²) in [6.45, 7) is 3.43. The summed E-state index contributed by atoms with van der Waals surface area (Å²) in [6.07, 6.45) is 3.55. The van der Waals surface area contributed by atoms with E-state index in [2.05, 4.69) is 35.6 Å². The second-order valence-electron chi connectivity index (χ2n) is 8.50. The van der Waals surface area contributed by atoms with Gasteiger partial charge < -0.3 is 20.1 Å². The zero-order valence-corrected chi connectivity index (χ0v) is 18.7. The standard InChI is InChI=1S/C23H28N2O3S.ClH/c26-21(22(27)7-11-24-12-8-22)25-13-9-23(10-14-25)20-18(6-15-28-23)16-19(29-20)17-4-2-1-3-5-17;/h1-5,16,24,27H,6-15H2;1H. The Kier molecular flexibility index (Phi) is 6.24. The number of hydrogen-bond donors (Lipinski definition) is 2. The molecule has 2 fully saturated rings. The fourth-order valence-corrected chi connectivity index (χ4v) is 6.37. The van der Waals surface area contributed by atoms with Crippen LogP contribution in [-0.4, -0.2) is 54.3 Å². The van der Waals surface area contributed by atoms with Crippen molar-refractivity contribution < 1.29 is 14.6 Å². The van der Waals surface area contributed by atoms with Gasteiger partial charge in [-0.1, -0.05) is 30.3 Å². The molecule has 0 bridgehead atoms. The van der Waals surface area contributed by atoms with E-state index in [0.717, 1.165) is 25.9 Å². The van der Waals surface area contributed by atoms with E-state index in [4.69, 9.17) is 4.74 Å². The first-order chi connectivity index (χ1) is 14.1. The summed E-state index contributed by atoms with van der Waals surface area (Å²) in [6, 6.07) is 12.9. The quantitative estimate of drug-likeness (QED) is 0.739. The van der Waals surface area contributed by atoms with Gasteiger partial charge in [-0.3, -0.25) is 4.79 Å². The molecule has 1 aromatic carbocycles. The van der Waals surface area contributed by atoms with Crippen LogP contribution in [0.5, 0.6) is 0 Å². The average molecular weight is 449 g/mol. The van der Waals surface area contributed by atoms with Crippen molar-refractivity contribution in [2.45, 2.75) is 43.3 Å². The van der Waals surface area contributed by atoms with Gasteiger partial charge in [0.15, 0.2) is 0 Å². The van der Waals surface area contributed by atoms with Crippen LogP contribution in [0, 0.1) is 0 Å². The van der Waals surface area contributed by atoms with Crippen molar-refractivity contribution in [1.29, 1.82) is 0 Å². The molecule has 162 valence electrons. The van der Waals surface area contributed by atoms with Gasteiger partial charge in [-0.25, -0.2) is 0 Å². The third-order valence-electron chi connectivity index (χ3n) is 6.72. The Morgan fingerprint density at radius 1 is 1.10 bits per heavy atom. The Hall–Kier alpha value is -1.44. The summed E-state index contributed by atoms with van der Waals surface area (Å²) in [5.41, 5.74) is 1.18. The molecular weight excluding hydrogens is 420 g/mol. The number of halogens is 1. The van der Waals surface area contributed by atoms with Crippen molar-refractivity contribution in [3.63, 3.8) is 0 Å². The molecule has 0 saturated carbocycles. The SMILES string of the molecule is Cl.O=C(N1CCC2(CC1)OCCc1cc(-c3ccccc3)sc12)C1(O)CCNCC1. The number of thiophene rings is 1. The van der Waals surface area contributed by atoms with Crippen LogP contribution < -0.4 is 5.32 Å². The maximum Gasteiger partial charge on any atom is 0.254 e. The fourth-order valence-electron chi connectivity index (χ4n) is 4.96. The molecule has 0 atom stereocenters. The van der Waals surface area contributed by atoms with E-state index >= 15 is 0 Å². The number of hydrogen-bond acceptors (Lipinski definition) is 5. The molecule has 30 heavy (non-hydrogen) atoms. The van der Waals surface area contributed by atoms with Crippen molar-refractivity contribution in [3.8, 4) is 10.4 Å². The van der Waals surface area contributed by atoms with Crippen molar-refractivity contribution in [2.24, 2.45) is 0 Å². The molecule has 0 radical (unpaired) electrons. The lowest BCUT2D eigenvalue weighted by molar-refractivity contribution is -0.161. The maximum absolute atomic E-state index is 13.0. The first kappa shape index (κ1) is 21.8. The van der Waals surface area contributed by atoms with Gasteiger partial charge in [0, 0.05) is 22.8 Å². The highest BCUT2D eigenvalue weighted by Gasteiger charge is 2.46. The highest BCUT2D eigenvalue weighted by atomic mass is 35.5. The average Bonchev–Trinajstić information content (AvgIpc) is 3.21. The van der Waals surface area contributed by atoms with Crippen LogP contribution in [0.2, 0.25) is 0 Å².